The summed E-state index contributed by atoms with van der Waals surface area (Å²) in [6.45, 7) is 1.93. The number of aryl methyl sites for hydroxylation is 1. The SMILES string of the molecule is CCc1[nH]c(=O)c(C#N)cc1-c1csc(N)n1. The van der Waals surface area contributed by atoms with Gasteiger partial charge in [-0.3, -0.25) is 4.79 Å². The minimum atomic E-state index is -0.365. The average molecular weight is 246 g/mol. The zero-order chi connectivity index (χ0) is 12.4. The Morgan fingerprint density at radius 3 is 2.94 bits per heavy atom. The molecule has 2 rings (SSSR count). The Hall–Kier alpha value is -2.13. The lowest BCUT2D eigenvalue weighted by molar-refractivity contribution is 1.01. The first-order valence-corrected chi connectivity index (χ1v) is 5.91. The van der Waals surface area contributed by atoms with E-state index >= 15 is 0 Å². The third-order valence-electron chi connectivity index (χ3n) is 2.39. The zero-order valence-electron chi connectivity index (χ0n) is 9.15. The first kappa shape index (κ1) is 11.4. The number of aromatic amines is 1. The average Bonchev–Trinajstić information content (AvgIpc) is 2.75. The van der Waals surface area contributed by atoms with E-state index in [4.69, 9.17) is 11.0 Å². The van der Waals surface area contributed by atoms with Crippen LogP contribution >= 0.6 is 11.3 Å². The Balaban J connectivity index is 2.68. The molecule has 0 aliphatic heterocycles. The molecule has 0 unspecified atom stereocenters. The van der Waals surface area contributed by atoms with Gasteiger partial charge < -0.3 is 10.7 Å². The number of pyridine rings is 1. The van der Waals surface area contributed by atoms with E-state index in [1.165, 1.54) is 11.3 Å². The summed E-state index contributed by atoms with van der Waals surface area (Å²) in [5.41, 5.74) is 7.52. The van der Waals surface area contributed by atoms with Crippen molar-refractivity contribution in [3.63, 3.8) is 0 Å². The standard InChI is InChI=1S/C11H10N4OS/c1-2-8-7(9-5-17-11(13)15-9)3-6(4-12)10(16)14-8/h3,5H,2H2,1H3,(H2,13,15)(H,14,16). The number of rotatable bonds is 2. The fourth-order valence-corrected chi connectivity index (χ4v) is 2.13. The van der Waals surface area contributed by atoms with Crippen LogP contribution in [0, 0.1) is 11.3 Å². The van der Waals surface area contributed by atoms with Crippen LogP contribution in [0.1, 0.15) is 18.2 Å². The fourth-order valence-electron chi connectivity index (χ4n) is 1.57. The Bertz CT molecular complexity index is 650. The Labute approximate surface area is 102 Å². The molecule has 0 bridgehead atoms. The second-order valence-electron chi connectivity index (χ2n) is 3.44. The highest BCUT2D eigenvalue weighted by Crippen LogP contribution is 2.25. The first-order chi connectivity index (χ1) is 8.15. The molecule has 17 heavy (non-hydrogen) atoms. The molecule has 6 heteroatoms. The van der Waals surface area contributed by atoms with Crippen molar-refractivity contribution >= 4 is 16.5 Å². The molecule has 0 saturated carbocycles. The number of anilines is 1. The monoisotopic (exact) mass is 246 g/mol. The van der Waals surface area contributed by atoms with Gasteiger partial charge in [0, 0.05) is 16.6 Å². The molecule has 5 nitrogen and oxygen atoms in total. The first-order valence-electron chi connectivity index (χ1n) is 5.03. The predicted octanol–water partition coefficient (Wildman–Crippen LogP) is 1.51. The van der Waals surface area contributed by atoms with Crippen molar-refractivity contribution in [1.29, 1.82) is 5.26 Å². The van der Waals surface area contributed by atoms with Crippen molar-refractivity contribution in [3.8, 4) is 17.3 Å². The van der Waals surface area contributed by atoms with E-state index in [-0.39, 0.29) is 11.1 Å². The van der Waals surface area contributed by atoms with Crippen molar-refractivity contribution in [2.75, 3.05) is 5.73 Å². The van der Waals surface area contributed by atoms with E-state index in [0.29, 0.717) is 17.2 Å². The molecule has 0 amide bonds. The van der Waals surface area contributed by atoms with Gasteiger partial charge >= 0.3 is 0 Å². The van der Waals surface area contributed by atoms with E-state index < -0.39 is 0 Å². The minimum absolute atomic E-state index is 0.0868. The number of nitrogens with zero attached hydrogens (tertiary/aromatic N) is 2. The van der Waals surface area contributed by atoms with Crippen LogP contribution in [-0.4, -0.2) is 9.97 Å². The largest absolute Gasteiger partial charge is 0.375 e. The number of H-pyrrole nitrogens is 1. The molecular weight excluding hydrogens is 236 g/mol. The smallest absolute Gasteiger partial charge is 0.266 e. The number of nitrogens with one attached hydrogen (secondary N) is 1. The van der Waals surface area contributed by atoms with Gasteiger partial charge in [0.25, 0.3) is 5.56 Å². The third-order valence-corrected chi connectivity index (χ3v) is 3.07. The molecule has 2 heterocycles. The van der Waals surface area contributed by atoms with Gasteiger partial charge in [-0.05, 0) is 12.5 Å². The lowest BCUT2D eigenvalue weighted by Crippen LogP contribution is -2.13. The Morgan fingerprint density at radius 1 is 1.65 bits per heavy atom. The van der Waals surface area contributed by atoms with Crippen molar-refractivity contribution in [3.05, 3.63) is 33.1 Å². The number of thiazole rings is 1. The van der Waals surface area contributed by atoms with Crippen LogP contribution in [0.25, 0.3) is 11.3 Å². The molecular formula is C11H10N4OS. The third kappa shape index (κ3) is 2.05. The topological polar surface area (TPSA) is 95.6 Å². The van der Waals surface area contributed by atoms with E-state index in [1.54, 1.807) is 6.07 Å². The number of nitrogens with two attached hydrogens (primary N) is 1. The van der Waals surface area contributed by atoms with Crippen LogP contribution in [0.2, 0.25) is 0 Å². The van der Waals surface area contributed by atoms with E-state index in [9.17, 15) is 4.79 Å². The number of nitriles is 1. The maximum Gasteiger partial charge on any atom is 0.266 e. The van der Waals surface area contributed by atoms with Gasteiger partial charge in [-0.25, -0.2) is 4.98 Å². The van der Waals surface area contributed by atoms with Gasteiger partial charge in [0.1, 0.15) is 11.6 Å². The normalized spacial score (nSPS) is 10.1. The van der Waals surface area contributed by atoms with Crippen LogP contribution in [0.3, 0.4) is 0 Å². The highest BCUT2D eigenvalue weighted by Gasteiger charge is 2.11. The Morgan fingerprint density at radius 2 is 2.41 bits per heavy atom. The fraction of sp³-hybridized carbons (Fsp3) is 0.182. The van der Waals surface area contributed by atoms with Crippen LogP contribution in [0.15, 0.2) is 16.2 Å². The molecule has 0 saturated heterocycles. The van der Waals surface area contributed by atoms with Gasteiger partial charge in [-0.15, -0.1) is 11.3 Å². The van der Waals surface area contributed by atoms with Crippen LogP contribution in [0.4, 0.5) is 5.13 Å². The van der Waals surface area contributed by atoms with Gasteiger partial charge in [0.05, 0.1) is 5.69 Å². The molecule has 0 atom stereocenters. The van der Waals surface area contributed by atoms with Gasteiger partial charge in [-0.2, -0.15) is 5.26 Å². The maximum atomic E-state index is 11.5. The number of hydrogen-bond donors (Lipinski definition) is 2. The summed E-state index contributed by atoms with van der Waals surface area (Å²) >= 11 is 1.33. The predicted molar refractivity (Wildman–Crippen MR) is 66.7 cm³/mol. The van der Waals surface area contributed by atoms with Crippen molar-refractivity contribution in [2.24, 2.45) is 0 Å². The van der Waals surface area contributed by atoms with E-state index in [0.717, 1.165) is 11.3 Å². The lowest BCUT2D eigenvalue weighted by Gasteiger charge is -2.05. The summed E-state index contributed by atoms with van der Waals surface area (Å²) in [5.74, 6) is 0. The van der Waals surface area contributed by atoms with Crippen LogP contribution in [-0.2, 0) is 6.42 Å². The summed E-state index contributed by atoms with van der Waals surface area (Å²) in [5, 5.41) is 11.1. The number of nitrogen functional groups attached to an aromatic ring is 1. The van der Waals surface area contributed by atoms with Gasteiger partial charge in [-0.1, -0.05) is 6.92 Å². The maximum absolute atomic E-state index is 11.5. The van der Waals surface area contributed by atoms with Crippen molar-refractivity contribution in [1.82, 2.24) is 9.97 Å². The molecule has 0 fully saturated rings. The summed E-state index contributed by atoms with van der Waals surface area (Å²) in [7, 11) is 0. The highest BCUT2D eigenvalue weighted by atomic mass is 32.1. The quantitative estimate of drug-likeness (QED) is 0.839. The molecule has 2 aromatic rings. The minimum Gasteiger partial charge on any atom is -0.375 e. The highest BCUT2D eigenvalue weighted by molar-refractivity contribution is 7.13. The molecule has 86 valence electrons. The van der Waals surface area contributed by atoms with E-state index in [1.807, 2.05) is 18.4 Å². The van der Waals surface area contributed by atoms with Crippen molar-refractivity contribution in [2.45, 2.75) is 13.3 Å². The molecule has 3 N–H and O–H groups in total. The summed E-state index contributed by atoms with van der Waals surface area (Å²) in [4.78, 5) is 18.4. The van der Waals surface area contributed by atoms with Gasteiger partial charge in [0.15, 0.2) is 5.13 Å². The number of hydrogen-bond acceptors (Lipinski definition) is 5. The molecule has 0 aromatic carbocycles. The summed E-state index contributed by atoms with van der Waals surface area (Å²) < 4.78 is 0. The number of aromatic nitrogens is 2. The lowest BCUT2D eigenvalue weighted by atomic mass is 10.1. The van der Waals surface area contributed by atoms with Crippen molar-refractivity contribution < 1.29 is 0 Å². The van der Waals surface area contributed by atoms with Gasteiger partial charge in [0.2, 0.25) is 0 Å². The second kappa shape index (κ2) is 4.39. The summed E-state index contributed by atoms with van der Waals surface area (Å²) in [6, 6.07) is 3.43. The molecule has 2 aromatic heterocycles. The Kier molecular flexibility index (Phi) is 2.93. The summed E-state index contributed by atoms with van der Waals surface area (Å²) in [6.07, 6.45) is 0.660. The molecule has 0 aliphatic carbocycles. The molecule has 0 radical (unpaired) electrons. The molecule has 0 spiro atoms. The van der Waals surface area contributed by atoms with E-state index in [2.05, 4.69) is 9.97 Å². The van der Waals surface area contributed by atoms with Crippen LogP contribution in [0.5, 0.6) is 0 Å². The van der Waals surface area contributed by atoms with Crippen LogP contribution < -0.4 is 11.3 Å². The second-order valence-corrected chi connectivity index (χ2v) is 4.33. The zero-order valence-corrected chi connectivity index (χ0v) is 9.97. The molecule has 0 aliphatic rings.